The molecule has 1 saturated heterocycles. The molecule has 0 radical (unpaired) electrons. The third kappa shape index (κ3) is 4.96. The molecular formula is C8H15ClO3S. The van der Waals surface area contributed by atoms with E-state index >= 15 is 0 Å². The SMILES string of the molecule is O=S1OCC(CCCCCCCl)O1. The molecule has 1 rings (SSSR count). The molecule has 1 fully saturated rings. The maximum Gasteiger partial charge on any atom is 0.305 e. The van der Waals surface area contributed by atoms with Gasteiger partial charge in [-0.3, -0.25) is 8.37 Å². The van der Waals surface area contributed by atoms with Crippen molar-refractivity contribution in [3.63, 3.8) is 0 Å². The molecule has 1 aliphatic rings. The minimum absolute atomic E-state index is 0.0387. The first-order valence-electron chi connectivity index (χ1n) is 4.61. The predicted octanol–water partition coefficient (Wildman–Crippen LogP) is 2.17. The molecule has 0 bridgehead atoms. The molecule has 0 aromatic carbocycles. The molecule has 0 saturated carbocycles. The van der Waals surface area contributed by atoms with Crippen molar-refractivity contribution >= 4 is 23.0 Å². The van der Waals surface area contributed by atoms with Crippen LogP contribution in [0.3, 0.4) is 0 Å². The highest BCUT2D eigenvalue weighted by Gasteiger charge is 2.22. The zero-order valence-electron chi connectivity index (χ0n) is 7.54. The first kappa shape index (κ1) is 11.4. The van der Waals surface area contributed by atoms with Gasteiger partial charge in [0.2, 0.25) is 0 Å². The third-order valence-corrected chi connectivity index (χ3v) is 3.00. The third-order valence-electron chi connectivity index (χ3n) is 1.97. The lowest BCUT2D eigenvalue weighted by Crippen LogP contribution is -2.08. The Hall–Kier alpha value is 0.360. The molecule has 2 atom stereocenters. The Labute approximate surface area is 86.6 Å². The van der Waals surface area contributed by atoms with Crippen molar-refractivity contribution in [3.05, 3.63) is 0 Å². The Morgan fingerprint density at radius 2 is 2.08 bits per heavy atom. The van der Waals surface area contributed by atoms with Crippen LogP contribution in [0.4, 0.5) is 0 Å². The highest BCUT2D eigenvalue weighted by Crippen LogP contribution is 2.15. The average Bonchev–Trinajstić information content (AvgIpc) is 2.51. The first-order valence-corrected chi connectivity index (χ1v) is 6.14. The van der Waals surface area contributed by atoms with E-state index in [0.29, 0.717) is 6.61 Å². The molecule has 1 heterocycles. The van der Waals surface area contributed by atoms with Gasteiger partial charge in [0, 0.05) is 5.88 Å². The molecule has 5 heteroatoms. The van der Waals surface area contributed by atoms with Gasteiger partial charge in [-0.05, 0) is 12.8 Å². The lowest BCUT2D eigenvalue weighted by molar-refractivity contribution is 0.222. The standard InChI is InChI=1S/C8H15ClO3S/c9-6-4-2-1-3-5-8-7-11-13(10)12-8/h8H,1-7H2. The van der Waals surface area contributed by atoms with Crippen molar-refractivity contribution in [2.45, 2.75) is 38.2 Å². The second kappa shape index (κ2) is 6.76. The highest BCUT2D eigenvalue weighted by molar-refractivity contribution is 7.75. The molecule has 2 unspecified atom stereocenters. The quantitative estimate of drug-likeness (QED) is 0.515. The van der Waals surface area contributed by atoms with Crippen LogP contribution in [0, 0.1) is 0 Å². The fourth-order valence-corrected chi connectivity index (χ4v) is 2.13. The molecule has 0 aromatic rings. The van der Waals surface area contributed by atoms with Gasteiger partial charge < -0.3 is 0 Å². The summed E-state index contributed by atoms with van der Waals surface area (Å²) >= 11 is 4.06. The number of hydrogen-bond donors (Lipinski definition) is 0. The van der Waals surface area contributed by atoms with Crippen LogP contribution in [0.5, 0.6) is 0 Å². The highest BCUT2D eigenvalue weighted by atomic mass is 35.5. The van der Waals surface area contributed by atoms with Gasteiger partial charge in [-0.15, -0.1) is 11.6 Å². The first-order chi connectivity index (χ1) is 6.33. The van der Waals surface area contributed by atoms with Crippen molar-refractivity contribution in [3.8, 4) is 0 Å². The van der Waals surface area contributed by atoms with E-state index in [0.717, 1.165) is 25.1 Å². The van der Waals surface area contributed by atoms with Crippen molar-refractivity contribution in [1.29, 1.82) is 0 Å². The molecule has 0 amide bonds. The summed E-state index contributed by atoms with van der Waals surface area (Å²) in [6.07, 6.45) is 5.49. The average molecular weight is 227 g/mol. The minimum atomic E-state index is -1.48. The monoisotopic (exact) mass is 226 g/mol. The van der Waals surface area contributed by atoms with Crippen molar-refractivity contribution in [1.82, 2.24) is 0 Å². The summed E-state index contributed by atoms with van der Waals surface area (Å²) in [4.78, 5) is 0. The van der Waals surface area contributed by atoms with Crippen molar-refractivity contribution in [2.75, 3.05) is 12.5 Å². The Morgan fingerprint density at radius 1 is 1.31 bits per heavy atom. The smallest absolute Gasteiger partial charge is 0.266 e. The summed E-state index contributed by atoms with van der Waals surface area (Å²) < 4.78 is 20.4. The minimum Gasteiger partial charge on any atom is -0.266 e. The van der Waals surface area contributed by atoms with Crippen LogP contribution in [0.2, 0.25) is 0 Å². The van der Waals surface area contributed by atoms with Gasteiger partial charge in [0.1, 0.15) is 6.10 Å². The summed E-state index contributed by atoms with van der Waals surface area (Å²) in [6, 6.07) is 0. The lowest BCUT2D eigenvalue weighted by atomic mass is 10.1. The zero-order chi connectivity index (χ0) is 9.52. The number of halogens is 1. The summed E-state index contributed by atoms with van der Waals surface area (Å²) in [5.41, 5.74) is 0. The Bertz CT molecular complexity index is 165. The van der Waals surface area contributed by atoms with Crippen LogP contribution >= 0.6 is 11.6 Å². The lowest BCUT2D eigenvalue weighted by Gasteiger charge is -2.04. The van der Waals surface area contributed by atoms with Crippen LogP contribution in [-0.4, -0.2) is 22.8 Å². The number of alkyl halides is 1. The molecule has 13 heavy (non-hydrogen) atoms. The van der Waals surface area contributed by atoms with Crippen LogP contribution < -0.4 is 0 Å². The van der Waals surface area contributed by atoms with E-state index in [2.05, 4.69) is 0 Å². The van der Waals surface area contributed by atoms with Crippen molar-refractivity contribution in [2.24, 2.45) is 0 Å². The topological polar surface area (TPSA) is 35.5 Å². The molecule has 1 aliphatic heterocycles. The fourth-order valence-electron chi connectivity index (χ4n) is 1.25. The van der Waals surface area contributed by atoms with Crippen LogP contribution in [-0.2, 0) is 19.7 Å². The van der Waals surface area contributed by atoms with E-state index in [1.54, 1.807) is 0 Å². The van der Waals surface area contributed by atoms with E-state index in [4.69, 9.17) is 20.0 Å². The summed E-state index contributed by atoms with van der Waals surface area (Å²) in [5, 5.41) is 0. The Balaban J connectivity index is 1.91. The molecule has 3 nitrogen and oxygen atoms in total. The van der Waals surface area contributed by atoms with E-state index in [9.17, 15) is 4.21 Å². The Morgan fingerprint density at radius 3 is 2.69 bits per heavy atom. The van der Waals surface area contributed by atoms with E-state index < -0.39 is 11.4 Å². The zero-order valence-corrected chi connectivity index (χ0v) is 9.11. The van der Waals surface area contributed by atoms with Crippen LogP contribution in [0.25, 0.3) is 0 Å². The van der Waals surface area contributed by atoms with Crippen molar-refractivity contribution < 1.29 is 12.6 Å². The number of unbranched alkanes of at least 4 members (excludes halogenated alkanes) is 3. The summed E-state index contributed by atoms with van der Waals surface area (Å²) in [6.45, 7) is 0.474. The van der Waals surface area contributed by atoms with Gasteiger partial charge in [0.25, 0.3) is 0 Å². The molecular weight excluding hydrogens is 212 g/mol. The van der Waals surface area contributed by atoms with Gasteiger partial charge in [0.05, 0.1) is 6.61 Å². The van der Waals surface area contributed by atoms with E-state index in [1.165, 1.54) is 12.8 Å². The van der Waals surface area contributed by atoms with Gasteiger partial charge in [-0.1, -0.05) is 19.3 Å². The normalized spacial score (nSPS) is 28.1. The number of rotatable bonds is 6. The molecule has 0 spiro atoms. The maximum absolute atomic E-state index is 10.6. The van der Waals surface area contributed by atoms with Crippen LogP contribution in [0.1, 0.15) is 32.1 Å². The van der Waals surface area contributed by atoms with Crippen LogP contribution in [0.15, 0.2) is 0 Å². The van der Waals surface area contributed by atoms with Gasteiger partial charge >= 0.3 is 11.4 Å². The second-order valence-electron chi connectivity index (χ2n) is 3.10. The summed E-state index contributed by atoms with van der Waals surface area (Å²) in [7, 11) is 0. The summed E-state index contributed by atoms with van der Waals surface area (Å²) in [5.74, 6) is 0.743. The predicted molar refractivity (Wildman–Crippen MR) is 52.8 cm³/mol. The Kier molecular flexibility index (Phi) is 5.95. The van der Waals surface area contributed by atoms with Gasteiger partial charge in [-0.25, -0.2) is 0 Å². The van der Waals surface area contributed by atoms with Gasteiger partial charge in [-0.2, -0.15) is 4.21 Å². The second-order valence-corrected chi connectivity index (χ2v) is 4.31. The van der Waals surface area contributed by atoms with E-state index in [-0.39, 0.29) is 6.10 Å². The number of hydrogen-bond acceptors (Lipinski definition) is 3. The van der Waals surface area contributed by atoms with E-state index in [1.807, 2.05) is 0 Å². The fraction of sp³-hybridized carbons (Fsp3) is 1.00. The molecule has 0 aliphatic carbocycles. The maximum atomic E-state index is 10.6. The largest absolute Gasteiger partial charge is 0.305 e. The van der Waals surface area contributed by atoms with Gasteiger partial charge in [0.15, 0.2) is 0 Å². The molecule has 78 valence electrons. The molecule has 0 N–H and O–H groups in total. The molecule has 0 aromatic heterocycles.